The van der Waals surface area contributed by atoms with Gasteiger partial charge in [-0.1, -0.05) is 12.1 Å². The maximum atomic E-state index is 6.36. The van der Waals surface area contributed by atoms with Gasteiger partial charge in [-0.2, -0.15) is 0 Å². The summed E-state index contributed by atoms with van der Waals surface area (Å²) in [5.74, 6) is 0. The van der Waals surface area contributed by atoms with Crippen molar-refractivity contribution in [3.63, 3.8) is 0 Å². The van der Waals surface area contributed by atoms with Crippen molar-refractivity contribution in [2.75, 3.05) is 25.0 Å². The van der Waals surface area contributed by atoms with Crippen molar-refractivity contribution in [1.29, 1.82) is 0 Å². The second kappa shape index (κ2) is 4.80. The fourth-order valence-corrected chi connectivity index (χ4v) is 3.63. The number of rotatable bonds is 2. The Morgan fingerprint density at radius 1 is 1.26 bits per heavy atom. The Hall–Kier alpha value is -1.06. The number of anilines is 1. The Morgan fingerprint density at radius 3 is 2.79 bits per heavy atom. The fraction of sp³-hybridized carbons (Fsp3) is 0.625. The highest BCUT2D eigenvalue weighted by Gasteiger charge is 2.34. The van der Waals surface area contributed by atoms with Gasteiger partial charge in [0.2, 0.25) is 0 Å². The lowest BCUT2D eigenvalue weighted by atomic mass is 9.97. The summed E-state index contributed by atoms with van der Waals surface area (Å²) in [7, 11) is 2.17. The average molecular weight is 259 g/mol. The molecule has 2 aliphatic heterocycles. The van der Waals surface area contributed by atoms with Crippen LogP contribution in [0.15, 0.2) is 18.2 Å². The van der Waals surface area contributed by atoms with Crippen molar-refractivity contribution in [3.05, 3.63) is 29.3 Å². The molecule has 2 aliphatic rings. The third kappa shape index (κ3) is 2.15. The van der Waals surface area contributed by atoms with Crippen LogP contribution in [-0.4, -0.2) is 37.1 Å². The quantitative estimate of drug-likeness (QED) is 0.883. The molecule has 104 valence electrons. The van der Waals surface area contributed by atoms with E-state index in [9.17, 15) is 0 Å². The average Bonchev–Trinajstić information content (AvgIpc) is 2.93. The van der Waals surface area contributed by atoms with Gasteiger partial charge in [-0.25, -0.2) is 0 Å². The van der Waals surface area contributed by atoms with Crippen LogP contribution in [0.4, 0.5) is 5.69 Å². The lowest BCUT2D eigenvalue weighted by Gasteiger charge is -2.31. The van der Waals surface area contributed by atoms with E-state index in [1.165, 1.54) is 23.2 Å². The molecule has 0 saturated carbocycles. The Morgan fingerprint density at radius 2 is 2.05 bits per heavy atom. The molecule has 3 nitrogen and oxygen atoms in total. The van der Waals surface area contributed by atoms with E-state index in [1.807, 2.05) is 0 Å². The molecule has 0 spiro atoms. The molecule has 2 heterocycles. The third-order valence-corrected chi connectivity index (χ3v) is 4.72. The van der Waals surface area contributed by atoms with E-state index < -0.39 is 0 Å². The summed E-state index contributed by atoms with van der Waals surface area (Å²) in [4.78, 5) is 4.89. The standard InChI is InChI=1S/C16H25N3/c1-11(2)19-9-7-14(17)16(19)13-4-5-15-12(10-13)6-8-18(15)3/h4-5,10-11,14,16H,6-9,17H2,1-3H3. The van der Waals surface area contributed by atoms with Gasteiger partial charge in [0.05, 0.1) is 6.04 Å². The number of nitrogens with two attached hydrogens (primary N) is 1. The summed E-state index contributed by atoms with van der Waals surface area (Å²) in [6.45, 7) is 6.81. The van der Waals surface area contributed by atoms with Gasteiger partial charge in [-0.05, 0) is 43.9 Å². The molecule has 0 bridgehead atoms. The zero-order valence-electron chi connectivity index (χ0n) is 12.3. The summed E-state index contributed by atoms with van der Waals surface area (Å²) in [6.07, 6.45) is 2.28. The molecule has 0 radical (unpaired) electrons. The van der Waals surface area contributed by atoms with E-state index in [0.717, 1.165) is 19.5 Å². The summed E-state index contributed by atoms with van der Waals surface area (Å²) in [6, 6.07) is 8.20. The minimum Gasteiger partial charge on any atom is -0.374 e. The van der Waals surface area contributed by atoms with Gasteiger partial charge >= 0.3 is 0 Å². The smallest absolute Gasteiger partial charge is 0.0502 e. The molecule has 2 unspecified atom stereocenters. The molecule has 1 aromatic rings. The van der Waals surface area contributed by atoms with Crippen LogP contribution in [0.25, 0.3) is 0 Å². The second-order valence-electron chi connectivity index (χ2n) is 6.29. The van der Waals surface area contributed by atoms with E-state index in [-0.39, 0.29) is 6.04 Å². The molecule has 19 heavy (non-hydrogen) atoms. The fourth-order valence-electron chi connectivity index (χ4n) is 3.63. The normalized spacial score (nSPS) is 27.3. The third-order valence-electron chi connectivity index (χ3n) is 4.72. The number of likely N-dealkylation sites (N-methyl/N-ethyl adjacent to an activating group) is 1. The molecule has 2 atom stereocenters. The largest absolute Gasteiger partial charge is 0.374 e. The lowest BCUT2D eigenvalue weighted by molar-refractivity contribution is 0.198. The first-order valence-electron chi connectivity index (χ1n) is 7.43. The van der Waals surface area contributed by atoms with E-state index in [2.05, 4.69) is 48.9 Å². The first-order valence-corrected chi connectivity index (χ1v) is 7.43. The predicted octanol–water partition coefficient (Wildman–Crippen LogP) is 2.16. The molecule has 1 fully saturated rings. The van der Waals surface area contributed by atoms with Gasteiger partial charge in [0.1, 0.15) is 0 Å². The predicted molar refractivity (Wildman–Crippen MR) is 80.6 cm³/mol. The van der Waals surface area contributed by atoms with Crippen LogP contribution in [0.2, 0.25) is 0 Å². The Balaban J connectivity index is 1.93. The molecule has 3 rings (SSSR count). The van der Waals surface area contributed by atoms with Crippen LogP contribution in [-0.2, 0) is 6.42 Å². The van der Waals surface area contributed by atoms with Gasteiger partial charge in [0.25, 0.3) is 0 Å². The van der Waals surface area contributed by atoms with Crippen LogP contribution < -0.4 is 10.6 Å². The second-order valence-corrected chi connectivity index (χ2v) is 6.29. The minimum atomic E-state index is 0.277. The zero-order valence-corrected chi connectivity index (χ0v) is 12.3. The van der Waals surface area contributed by atoms with E-state index in [4.69, 9.17) is 5.73 Å². The minimum absolute atomic E-state index is 0.277. The molecule has 2 N–H and O–H groups in total. The molecule has 3 heteroatoms. The maximum Gasteiger partial charge on any atom is 0.0502 e. The number of nitrogens with zero attached hydrogens (tertiary/aromatic N) is 2. The van der Waals surface area contributed by atoms with Crippen molar-refractivity contribution in [2.24, 2.45) is 5.73 Å². The van der Waals surface area contributed by atoms with Gasteiger partial charge in [0.15, 0.2) is 0 Å². The molecule has 0 aromatic heterocycles. The Labute approximate surface area is 116 Å². The Bertz CT molecular complexity index is 469. The molecule has 0 aliphatic carbocycles. The highest BCUT2D eigenvalue weighted by Crippen LogP contribution is 2.36. The van der Waals surface area contributed by atoms with Gasteiger partial charge in [0, 0.05) is 37.9 Å². The summed E-state index contributed by atoms with van der Waals surface area (Å²) >= 11 is 0. The molecule has 1 aromatic carbocycles. The van der Waals surface area contributed by atoms with E-state index in [0.29, 0.717) is 12.1 Å². The first kappa shape index (κ1) is 12.9. The molecule has 1 saturated heterocycles. The van der Waals surface area contributed by atoms with E-state index in [1.54, 1.807) is 0 Å². The summed E-state index contributed by atoms with van der Waals surface area (Å²) < 4.78 is 0. The van der Waals surface area contributed by atoms with Crippen molar-refractivity contribution in [2.45, 2.75) is 44.8 Å². The van der Waals surface area contributed by atoms with Crippen LogP contribution >= 0.6 is 0 Å². The van der Waals surface area contributed by atoms with Crippen molar-refractivity contribution in [1.82, 2.24) is 4.90 Å². The SMILES string of the molecule is CC(C)N1CCC(N)C1c1ccc2c(c1)CCN2C. The number of hydrogen-bond donors (Lipinski definition) is 1. The first-order chi connectivity index (χ1) is 9.08. The van der Waals surface area contributed by atoms with Crippen molar-refractivity contribution in [3.8, 4) is 0 Å². The summed E-state index contributed by atoms with van der Waals surface area (Å²) in [5.41, 5.74) is 10.7. The van der Waals surface area contributed by atoms with Crippen molar-refractivity contribution < 1.29 is 0 Å². The van der Waals surface area contributed by atoms with Crippen LogP contribution in [0, 0.1) is 0 Å². The monoisotopic (exact) mass is 259 g/mol. The van der Waals surface area contributed by atoms with Gasteiger partial charge in [-0.15, -0.1) is 0 Å². The Kier molecular flexibility index (Phi) is 3.27. The number of fused-ring (bicyclic) bond motifs is 1. The molecule has 0 amide bonds. The number of likely N-dealkylation sites (tertiary alicyclic amines) is 1. The molecular formula is C16H25N3. The molecular weight excluding hydrogens is 234 g/mol. The van der Waals surface area contributed by atoms with Gasteiger partial charge < -0.3 is 10.6 Å². The number of hydrogen-bond acceptors (Lipinski definition) is 3. The van der Waals surface area contributed by atoms with E-state index >= 15 is 0 Å². The topological polar surface area (TPSA) is 32.5 Å². The summed E-state index contributed by atoms with van der Waals surface area (Å²) in [5, 5.41) is 0. The van der Waals surface area contributed by atoms with Crippen LogP contribution in [0.3, 0.4) is 0 Å². The zero-order chi connectivity index (χ0) is 13.6. The maximum absolute atomic E-state index is 6.36. The highest BCUT2D eigenvalue weighted by atomic mass is 15.2. The highest BCUT2D eigenvalue weighted by molar-refractivity contribution is 5.58. The van der Waals surface area contributed by atoms with Crippen LogP contribution in [0.5, 0.6) is 0 Å². The van der Waals surface area contributed by atoms with Crippen LogP contribution in [0.1, 0.15) is 37.4 Å². The lowest BCUT2D eigenvalue weighted by Crippen LogP contribution is -2.35. The number of benzene rings is 1. The van der Waals surface area contributed by atoms with Crippen molar-refractivity contribution >= 4 is 5.69 Å². The van der Waals surface area contributed by atoms with Gasteiger partial charge in [-0.3, -0.25) is 4.90 Å².